The molecule has 3 atom stereocenters. The largest absolute Gasteiger partial charge is 0.444 e. The van der Waals surface area contributed by atoms with Gasteiger partial charge in [-0.25, -0.2) is 4.79 Å². The molecular formula is C33H55N3O4. The van der Waals surface area contributed by atoms with E-state index in [2.05, 4.69) is 31.1 Å². The van der Waals surface area contributed by atoms with Gasteiger partial charge in [0.25, 0.3) is 0 Å². The van der Waals surface area contributed by atoms with Gasteiger partial charge in [0, 0.05) is 13.1 Å². The van der Waals surface area contributed by atoms with Crippen LogP contribution in [0.3, 0.4) is 0 Å². The minimum Gasteiger partial charge on any atom is -0.444 e. The summed E-state index contributed by atoms with van der Waals surface area (Å²) in [6.07, 6.45) is 9.92. The van der Waals surface area contributed by atoms with Gasteiger partial charge in [-0.05, 0) is 56.7 Å². The van der Waals surface area contributed by atoms with Gasteiger partial charge in [-0.3, -0.25) is 9.59 Å². The van der Waals surface area contributed by atoms with Crippen LogP contribution in [0, 0.1) is 5.92 Å². The smallest absolute Gasteiger partial charge is 0.408 e. The Morgan fingerprint density at radius 3 is 2.25 bits per heavy atom. The summed E-state index contributed by atoms with van der Waals surface area (Å²) in [4.78, 5) is 42.6. The highest BCUT2D eigenvalue weighted by Crippen LogP contribution is 2.26. The van der Waals surface area contributed by atoms with E-state index < -0.39 is 23.8 Å². The van der Waals surface area contributed by atoms with E-state index in [1.165, 1.54) is 6.42 Å². The molecule has 0 bridgehead atoms. The number of amides is 3. The molecule has 3 unspecified atom stereocenters. The van der Waals surface area contributed by atoms with Crippen molar-refractivity contribution >= 4 is 24.0 Å². The number of carbonyl (C=O) groups excluding carboxylic acids is 3. The number of nitrogens with one attached hydrogen (secondary N) is 2. The molecule has 1 aromatic carbocycles. The van der Waals surface area contributed by atoms with Crippen molar-refractivity contribution in [3.63, 3.8) is 0 Å². The average molecular weight is 558 g/mol. The first-order chi connectivity index (χ1) is 19.0. The Kier molecular flexibility index (Phi) is 16.3. The van der Waals surface area contributed by atoms with E-state index in [0.717, 1.165) is 56.1 Å². The molecule has 2 N–H and O–H groups in total. The Morgan fingerprint density at radius 1 is 1.00 bits per heavy atom. The molecule has 1 rings (SSSR count). The third-order valence-electron chi connectivity index (χ3n) is 7.04. The summed E-state index contributed by atoms with van der Waals surface area (Å²) in [7, 11) is 0. The predicted octanol–water partition coefficient (Wildman–Crippen LogP) is 7.42. The van der Waals surface area contributed by atoms with Gasteiger partial charge < -0.3 is 20.3 Å². The zero-order valence-corrected chi connectivity index (χ0v) is 26.2. The fourth-order valence-corrected chi connectivity index (χ4v) is 4.54. The zero-order valence-electron chi connectivity index (χ0n) is 26.2. The fraction of sp³-hybridized carbons (Fsp3) is 0.667. The van der Waals surface area contributed by atoms with E-state index in [4.69, 9.17) is 4.74 Å². The van der Waals surface area contributed by atoms with E-state index in [9.17, 15) is 14.4 Å². The average Bonchev–Trinajstić information content (AvgIpc) is 2.91. The van der Waals surface area contributed by atoms with Crippen LogP contribution in [-0.2, 0) is 14.3 Å². The topological polar surface area (TPSA) is 87.7 Å². The molecule has 0 spiro atoms. The van der Waals surface area contributed by atoms with E-state index in [1.54, 1.807) is 31.7 Å². The maximum absolute atomic E-state index is 14.4. The van der Waals surface area contributed by atoms with Crippen LogP contribution < -0.4 is 10.6 Å². The number of hydrogen-bond donors (Lipinski definition) is 2. The summed E-state index contributed by atoms with van der Waals surface area (Å²) >= 11 is 0. The number of unbranched alkanes of at least 4 members (excludes halogenated alkanes) is 6. The first kappa shape index (κ1) is 35.2. The summed E-state index contributed by atoms with van der Waals surface area (Å²) in [6.45, 7) is 18.4. The molecule has 0 saturated carbocycles. The molecular weight excluding hydrogens is 502 g/mol. The number of nitrogens with zero attached hydrogens (tertiary/aromatic N) is 1. The van der Waals surface area contributed by atoms with Crippen molar-refractivity contribution in [3.8, 4) is 0 Å². The normalized spacial score (nSPS) is 13.6. The van der Waals surface area contributed by atoms with Gasteiger partial charge in [0.2, 0.25) is 11.8 Å². The summed E-state index contributed by atoms with van der Waals surface area (Å²) in [5.41, 5.74) is 0.907. The molecule has 40 heavy (non-hydrogen) atoms. The Hall–Kier alpha value is -2.83. The molecule has 0 aliphatic rings. The van der Waals surface area contributed by atoms with Crippen molar-refractivity contribution in [2.24, 2.45) is 5.92 Å². The molecule has 7 nitrogen and oxygen atoms in total. The first-order valence-electron chi connectivity index (χ1n) is 15.3. The van der Waals surface area contributed by atoms with Gasteiger partial charge in [-0.2, -0.15) is 0 Å². The van der Waals surface area contributed by atoms with Crippen molar-refractivity contribution < 1.29 is 19.1 Å². The molecule has 3 amide bonds. The quantitative estimate of drug-likeness (QED) is 0.184. The SMILES string of the molecule is C=Cc1cccc(C(C(=O)NCCCC)N(CCCCCCCC)C(=O)C(NC(=O)OC(C)(C)C)C(C)CC)c1. The minimum absolute atomic E-state index is 0.157. The van der Waals surface area contributed by atoms with Crippen LogP contribution in [0.2, 0.25) is 0 Å². The van der Waals surface area contributed by atoms with E-state index in [1.807, 2.05) is 38.1 Å². The molecule has 0 radical (unpaired) electrons. The van der Waals surface area contributed by atoms with Gasteiger partial charge in [0.1, 0.15) is 17.7 Å². The molecule has 0 heterocycles. The molecule has 7 heteroatoms. The molecule has 1 aromatic rings. The number of ether oxygens (including phenoxy) is 1. The Balaban J connectivity index is 3.49. The van der Waals surface area contributed by atoms with E-state index in [0.29, 0.717) is 19.5 Å². The van der Waals surface area contributed by atoms with Crippen LogP contribution in [0.4, 0.5) is 4.79 Å². The third-order valence-corrected chi connectivity index (χ3v) is 7.04. The van der Waals surface area contributed by atoms with E-state index in [-0.39, 0.29) is 17.7 Å². The van der Waals surface area contributed by atoms with Crippen LogP contribution in [-0.4, -0.2) is 47.5 Å². The lowest BCUT2D eigenvalue weighted by atomic mass is 9.95. The van der Waals surface area contributed by atoms with Crippen LogP contribution in [0.15, 0.2) is 30.8 Å². The highest BCUT2D eigenvalue weighted by atomic mass is 16.6. The van der Waals surface area contributed by atoms with Crippen LogP contribution in [0.5, 0.6) is 0 Å². The van der Waals surface area contributed by atoms with Crippen molar-refractivity contribution in [2.45, 2.75) is 124 Å². The molecule has 0 aromatic heterocycles. The standard InChI is InChI=1S/C33H55N3O4/c1-9-13-15-16-17-18-23-36(31(38)28(25(5)11-3)35-32(39)40-33(6,7)8)29(30(37)34-22-14-10-2)27-21-19-20-26(12-4)24-27/h12,19-21,24-25,28-29H,4,9-11,13-18,22-23H2,1-3,5-8H3,(H,34,37)(H,35,39). The molecule has 0 saturated heterocycles. The second-order valence-electron chi connectivity index (χ2n) is 11.7. The number of carbonyl (C=O) groups is 3. The maximum atomic E-state index is 14.4. The second kappa shape index (κ2) is 18.5. The van der Waals surface area contributed by atoms with Crippen LogP contribution >= 0.6 is 0 Å². The lowest BCUT2D eigenvalue weighted by Crippen LogP contribution is -2.55. The monoisotopic (exact) mass is 557 g/mol. The number of alkyl carbamates (subject to hydrolysis) is 1. The van der Waals surface area contributed by atoms with Crippen LogP contribution in [0.1, 0.15) is 123 Å². The zero-order chi connectivity index (χ0) is 30.1. The summed E-state index contributed by atoms with van der Waals surface area (Å²) in [6, 6.07) is 5.96. The van der Waals surface area contributed by atoms with Gasteiger partial charge in [-0.15, -0.1) is 0 Å². The summed E-state index contributed by atoms with van der Waals surface area (Å²) in [5, 5.41) is 5.90. The van der Waals surface area contributed by atoms with Crippen molar-refractivity contribution in [3.05, 3.63) is 42.0 Å². The van der Waals surface area contributed by atoms with E-state index >= 15 is 0 Å². The molecule has 0 aliphatic heterocycles. The first-order valence-corrected chi connectivity index (χ1v) is 15.3. The van der Waals surface area contributed by atoms with Gasteiger partial charge in [-0.1, -0.05) is 103 Å². The highest BCUT2D eigenvalue weighted by Gasteiger charge is 2.37. The third kappa shape index (κ3) is 12.6. The number of hydrogen-bond acceptors (Lipinski definition) is 4. The molecule has 0 aliphatic carbocycles. The number of rotatable bonds is 18. The van der Waals surface area contributed by atoms with Gasteiger partial charge in [0.15, 0.2) is 0 Å². The Morgan fingerprint density at radius 2 is 1.65 bits per heavy atom. The molecule has 0 fully saturated rings. The van der Waals surface area contributed by atoms with Crippen molar-refractivity contribution in [1.29, 1.82) is 0 Å². The highest BCUT2D eigenvalue weighted by molar-refractivity contribution is 5.92. The lowest BCUT2D eigenvalue weighted by molar-refractivity contribution is -0.143. The predicted molar refractivity (Wildman–Crippen MR) is 165 cm³/mol. The van der Waals surface area contributed by atoms with Crippen LogP contribution in [0.25, 0.3) is 6.08 Å². The maximum Gasteiger partial charge on any atom is 0.408 e. The number of benzene rings is 1. The summed E-state index contributed by atoms with van der Waals surface area (Å²) in [5.74, 6) is -0.641. The van der Waals surface area contributed by atoms with Crippen molar-refractivity contribution in [1.82, 2.24) is 15.5 Å². The Bertz CT molecular complexity index is 925. The second-order valence-corrected chi connectivity index (χ2v) is 11.7. The minimum atomic E-state index is -0.827. The lowest BCUT2D eigenvalue weighted by Gasteiger charge is -2.36. The van der Waals surface area contributed by atoms with Gasteiger partial charge in [0.05, 0.1) is 0 Å². The Labute approximate surface area is 243 Å². The summed E-state index contributed by atoms with van der Waals surface area (Å²) < 4.78 is 5.51. The fourth-order valence-electron chi connectivity index (χ4n) is 4.54. The molecule has 226 valence electrons. The van der Waals surface area contributed by atoms with Gasteiger partial charge >= 0.3 is 6.09 Å². The van der Waals surface area contributed by atoms with Crippen molar-refractivity contribution in [2.75, 3.05) is 13.1 Å².